The summed E-state index contributed by atoms with van der Waals surface area (Å²) < 4.78 is 64.7. The first-order valence-corrected chi connectivity index (χ1v) is 8.64. The van der Waals surface area contributed by atoms with Gasteiger partial charge in [-0.05, 0) is 24.4 Å². The summed E-state index contributed by atoms with van der Waals surface area (Å²) in [5.41, 5.74) is -0.0728. The second-order valence-corrected chi connectivity index (χ2v) is 6.74. The van der Waals surface area contributed by atoms with Gasteiger partial charge in [-0.1, -0.05) is 17.4 Å². The fourth-order valence-electron chi connectivity index (χ4n) is 2.35. The van der Waals surface area contributed by atoms with E-state index in [1.165, 1.54) is 12.1 Å². The third kappa shape index (κ3) is 4.01. The molecule has 1 aliphatic rings. The van der Waals surface area contributed by atoms with E-state index >= 15 is 0 Å². The van der Waals surface area contributed by atoms with Gasteiger partial charge in [0.05, 0.1) is 5.69 Å². The molecular weight excluding hydrogens is 397 g/mol. The first kappa shape index (κ1) is 18.7. The van der Waals surface area contributed by atoms with Gasteiger partial charge in [-0.3, -0.25) is 0 Å². The van der Waals surface area contributed by atoms with Crippen LogP contribution in [0.15, 0.2) is 18.2 Å². The van der Waals surface area contributed by atoms with Crippen LogP contribution in [0.3, 0.4) is 0 Å². The molecule has 0 unspecified atom stereocenters. The molecule has 26 heavy (non-hydrogen) atoms. The number of anilines is 2. The van der Waals surface area contributed by atoms with Crippen molar-refractivity contribution in [1.29, 1.82) is 0 Å². The summed E-state index contributed by atoms with van der Waals surface area (Å²) in [4.78, 5) is 3.40. The first-order valence-electron chi connectivity index (χ1n) is 7.41. The second kappa shape index (κ2) is 7.27. The van der Waals surface area contributed by atoms with Crippen LogP contribution in [0.5, 0.6) is 0 Å². The minimum absolute atomic E-state index is 0.0728. The highest BCUT2D eigenvalue weighted by Crippen LogP contribution is 2.34. The maximum atomic E-state index is 13.7. The van der Waals surface area contributed by atoms with Gasteiger partial charge in [-0.25, -0.2) is 8.78 Å². The number of nitrogens with one attached hydrogen (secondary N) is 1. The fraction of sp³-hybridized carbons (Fsp3) is 0.357. The molecule has 5 nitrogen and oxygen atoms in total. The maximum absolute atomic E-state index is 13.7. The minimum atomic E-state index is -4.52. The summed E-state index contributed by atoms with van der Waals surface area (Å²) in [5.74, 6) is -2.01. The third-order valence-corrected chi connectivity index (χ3v) is 5.08. The molecule has 0 bridgehead atoms. The molecule has 1 aliphatic heterocycles. The average Bonchev–Trinajstić information content (AvgIpc) is 3.09. The maximum Gasteiger partial charge on any atom is 0.445 e. The smallest absolute Gasteiger partial charge is 0.345 e. The zero-order valence-electron chi connectivity index (χ0n) is 13.1. The molecule has 0 aliphatic carbocycles. The van der Waals surface area contributed by atoms with Crippen molar-refractivity contribution in [3.63, 3.8) is 0 Å². The predicted octanol–water partition coefficient (Wildman–Crippen LogP) is 3.35. The average molecular weight is 409 g/mol. The van der Waals surface area contributed by atoms with Gasteiger partial charge in [-0.2, -0.15) is 13.2 Å². The van der Waals surface area contributed by atoms with Crippen LogP contribution in [0, 0.1) is 11.6 Å². The molecule has 3 rings (SSSR count). The Bertz CT molecular complexity index is 801. The highest BCUT2D eigenvalue weighted by Gasteiger charge is 2.36. The van der Waals surface area contributed by atoms with Gasteiger partial charge in [0.1, 0.15) is 0 Å². The lowest BCUT2D eigenvalue weighted by Gasteiger charge is -2.35. The lowest BCUT2D eigenvalue weighted by atomic mass is 10.3. The van der Waals surface area contributed by atoms with Crippen molar-refractivity contribution in [2.45, 2.75) is 6.18 Å². The van der Waals surface area contributed by atoms with Gasteiger partial charge >= 0.3 is 6.18 Å². The zero-order valence-corrected chi connectivity index (χ0v) is 14.7. The molecular formula is C14H12F5N5S2. The monoisotopic (exact) mass is 409 g/mol. The lowest BCUT2D eigenvalue weighted by molar-refractivity contribution is -0.138. The zero-order chi connectivity index (χ0) is 18.9. The first-order chi connectivity index (χ1) is 12.3. The molecule has 0 spiro atoms. The number of nitrogens with zero attached hydrogens (tertiary/aromatic N) is 4. The summed E-state index contributed by atoms with van der Waals surface area (Å²) in [6.45, 7) is 1.54. The number of thiocarbonyl (C=S) groups is 1. The molecule has 0 radical (unpaired) electrons. The Morgan fingerprint density at radius 1 is 1.12 bits per heavy atom. The van der Waals surface area contributed by atoms with Crippen molar-refractivity contribution in [2.75, 3.05) is 36.4 Å². The fourth-order valence-corrected chi connectivity index (χ4v) is 3.41. The second-order valence-electron chi connectivity index (χ2n) is 5.39. The van der Waals surface area contributed by atoms with Crippen LogP contribution in [0.1, 0.15) is 5.01 Å². The largest absolute Gasteiger partial charge is 0.445 e. The Labute approximate surface area is 154 Å². The molecule has 1 N–H and O–H groups in total. The molecule has 140 valence electrons. The Kier molecular flexibility index (Phi) is 5.23. The molecule has 1 saturated heterocycles. The summed E-state index contributed by atoms with van der Waals surface area (Å²) in [6, 6.07) is 3.72. The van der Waals surface area contributed by atoms with Crippen molar-refractivity contribution in [2.24, 2.45) is 0 Å². The summed E-state index contributed by atoms with van der Waals surface area (Å²) >= 11 is 5.68. The number of piperazine rings is 1. The number of hydrogen-bond donors (Lipinski definition) is 1. The van der Waals surface area contributed by atoms with Crippen molar-refractivity contribution in [3.8, 4) is 0 Å². The van der Waals surface area contributed by atoms with E-state index in [0.29, 0.717) is 37.5 Å². The molecule has 12 heteroatoms. The van der Waals surface area contributed by atoms with Crippen LogP contribution >= 0.6 is 23.6 Å². The number of benzene rings is 1. The molecule has 1 aromatic heterocycles. The Balaban J connectivity index is 1.59. The van der Waals surface area contributed by atoms with Crippen LogP contribution in [-0.2, 0) is 6.18 Å². The Morgan fingerprint density at radius 3 is 2.42 bits per heavy atom. The number of halogens is 5. The van der Waals surface area contributed by atoms with Crippen LogP contribution < -0.4 is 10.2 Å². The molecule has 2 heterocycles. The van der Waals surface area contributed by atoms with E-state index in [-0.39, 0.29) is 15.9 Å². The quantitative estimate of drug-likeness (QED) is 0.606. The summed E-state index contributed by atoms with van der Waals surface area (Å²) in [7, 11) is 0. The van der Waals surface area contributed by atoms with Crippen LogP contribution in [0.25, 0.3) is 0 Å². The van der Waals surface area contributed by atoms with Crippen molar-refractivity contribution in [1.82, 2.24) is 15.1 Å². The molecule has 0 saturated carbocycles. The number of rotatable bonds is 2. The van der Waals surface area contributed by atoms with Gasteiger partial charge in [0, 0.05) is 26.2 Å². The van der Waals surface area contributed by atoms with E-state index in [0.717, 1.165) is 6.07 Å². The SMILES string of the molecule is Fc1cccc(NC(=S)N2CCN(c3nnc(C(F)(F)F)s3)CC2)c1F. The topological polar surface area (TPSA) is 44.3 Å². The van der Waals surface area contributed by atoms with E-state index in [1.54, 1.807) is 9.80 Å². The number of aromatic nitrogens is 2. The third-order valence-electron chi connectivity index (χ3n) is 3.69. The molecule has 1 fully saturated rings. The minimum Gasteiger partial charge on any atom is -0.345 e. The standard InChI is InChI=1S/C14H12F5N5S2/c15-8-2-1-3-9(10(8)16)20-12(25)23-4-6-24(7-5-23)13-22-21-11(26-13)14(17,18)19/h1-3H,4-7H2,(H,20,25). The molecule has 0 atom stereocenters. The summed E-state index contributed by atoms with van der Waals surface area (Å²) in [6.07, 6.45) is -4.52. The van der Waals surface area contributed by atoms with Crippen LogP contribution in [0.4, 0.5) is 32.8 Å². The van der Waals surface area contributed by atoms with E-state index in [9.17, 15) is 22.0 Å². The highest BCUT2D eigenvalue weighted by atomic mass is 32.1. The van der Waals surface area contributed by atoms with Gasteiger partial charge in [0.15, 0.2) is 16.7 Å². The van der Waals surface area contributed by atoms with Gasteiger partial charge in [0.2, 0.25) is 10.1 Å². The predicted molar refractivity (Wildman–Crippen MR) is 91.3 cm³/mol. The van der Waals surface area contributed by atoms with Crippen molar-refractivity contribution in [3.05, 3.63) is 34.8 Å². The van der Waals surface area contributed by atoms with Gasteiger partial charge in [-0.15, -0.1) is 10.2 Å². The Hall–Kier alpha value is -2.08. The lowest BCUT2D eigenvalue weighted by Crippen LogP contribution is -2.50. The number of alkyl halides is 3. The highest BCUT2D eigenvalue weighted by molar-refractivity contribution is 7.80. The van der Waals surface area contributed by atoms with Gasteiger partial charge < -0.3 is 15.1 Å². The van der Waals surface area contributed by atoms with E-state index in [1.807, 2.05) is 0 Å². The van der Waals surface area contributed by atoms with Crippen LogP contribution in [-0.4, -0.2) is 46.4 Å². The van der Waals surface area contributed by atoms with E-state index < -0.39 is 22.8 Å². The number of hydrogen-bond acceptors (Lipinski definition) is 5. The molecule has 1 aromatic carbocycles. The van der Waals surface area contributed by atoms with Crippen molar-refractivity contribution < 1.29 is 22.0 Å². The van der Waals surface area contributed by atoms with Crippen LogP contribution in [0.2, 0.25) is 0 Å². The van der Waals surface area contributed by atoms with E-state index in [2.05, 4.69) is 15.5 Å². The molecule has 0 amide bonds. The Morgan fingerprint density at radius 2 is 1.81 bits per heavy atom. The van der Waals surface area contributed by atoms with E-state index in [4.69, 9.17) is 12.2 Å². The normalized spacial score (nSPS) is 15.3. The summed E-state index contributed by atoms with van der Waals surface area (Å²) in [5, 5.41) is 8.80. The molecule has 2 aromatic rings. The van der Waals surface area contributed by atoms with Crippen molar-refractivity contribution >= 4 is 39.5 Å². The van der Waals surface area contributed by atoms with Gasteiger partial charge in [0.25, 0.3) is 0 Å².